The van der Waals surface area contributed by atoms with E-state index in [2.05, 4.69) is 36.2 Å². The number of carbonyl (C=O) groups is 1. The Morgan fingerprint density at radius 2 is 1.93 bits per heavy atom. The third kappa shape index (κ3) is 3.70. The van der Waals surface area contributed by atoms with Crippen molar-refractivity contribution in [3.05, 3.63) is 76.3 Å². The average molecular weight is 375 g/mol. The zero-order chi connectivity index (χ0) is 19.5. The third-order valence-corrected chi connectivity index (χ3v) is 5.56. The van der Waals surface area contributed by atoms with Crippen LogP contribution in [0.4, 0.5) is 0 Å². The molecule has 0 bridgehead atoms. The summed E-state index contributed by atoms with van der Waals surface area (Å²) in [6.45, 7) is 3.39. The highest BCUT2D eigenvalue weighted by atomic mass is 16.2. The molecule has 3 aromatic rings. The second-order valence-electron chi connectivity index (χ2n) is 7.52. The Hall–Kier alpha value is -2.95. The Morgan fingerprint density at radius 3 is 2.75 bits per heavy atom. The fraction of sp³-hybridized carbons (Fsp3) is 0.348. The van der Waals surface area contributed by atoms with Gasteiger partial charge in [-0.05, 0) is 43.9 Å². The van der Waals surface area contributed by atoms with Crippen molar-refractivity contribution in [2.45, 2.75) is 45.2 Å². The number of nitrogens with zero attached hydrogens (tertiary/aromatic N) is 3. The van der Waals surface area contributed by atoms with Gasteiger partial charge < -0.3 is 4.90 Å². The molecule has 1 saturated heterocycles. The lowest BCUT2D eigenvalue weighted by atomic mass is 10.0. The maximum atomic E-state index is 12.8. The molecule has 1 atom stereocenters. The maximum absolute atomic E-state index is 12.8. The van der Waals surface area contributed by atoms with Crippen molar-refractivity contribution in [1.29, 1.82) is 0 Å². The summed E-state index contributed by atoms with van der Waals surface area (Å²) in [4.78, 5) is 31.7. The molecular weight excluding hydrogens is 350 g/mol. The SMILES string of the molecule is Cc1ccc(C2CCCN2C(=O)CCCn2cnc3ccccc3c2=O)cc1. The second kappa shape index (κ2) is 7.97. The molecule has 4 rings (SSSR count). The molecule has 1 aliphatic heterocycles. The van der Waals surface area contributed by atoms with Crippen molar-refractivity contribution in [2.75, 3.05) is 6.54 Å². The van der Waals surface area contributed by atoms with E-state index in [1.807, 2.05) is 23.1 Å². The molecule has 0 N–H and O–H groups in total. The predicted octanol–water partition coefficient (Wildman–Crippen LogP) is 3.85. The lowest BCUT2D eigenvalue weighted by Gasteiger charge is -2.25. The van der Waals surface area contributed by atoms with E-state index >= 15 is 0 Å². The van der Waals surface area contributed by atoms with Gasteiger partial charge in [0.1, 0.15) is 0 Å². The van der Waals surface area contributed by atoms with E-state index in [9.17, 15) is 9.59 Å². The number of carbonyl (C=O) groups excluding carboxylic acids is 1. The Kier molecular flexibility index (Phi) is 5.24. The van der Waals surface area contributed by atoms with Crippen LogP contribution in [0.3, 0.4) is 0 Å². The number of aryl methyl sites for hydroxylation is 2. The molecular formula is C23H25N3O2. The summed E-state index contributed by atoms with van der Waals surface area (Å²) in [6.07, 6.45) is 4.72. The number of likely N-dealkylation sites (tertiary alicyclic amines) is 1. The van der Waals surface area contributed by atoms with E-state index in [-0.39, 0.29) is 17.5 Å². The summed E-state index contributed by atoms with van der Waals surface area (Å²) in [5.41, 5.74) is 3.11. The molecule has 1 aliphatic rings. The minimum absolute atomic E-state index is 0.0447. The van der Waals surface area contributed by atoms with Crippen LogP contribution in [-0.2, 0) is 11.3 Å². The van der Waals surface area contributed by atoms with E-state index in [1.54, 1.807) is 17.0 Å². The lowest BCUT2D eigenvalue weighted by molar-refractivity contribution is -0.132. The number of para-hydroxylation sites is 1. The van der Waals surface area contributed by atoms with Gasteiger partial charge in [0.05, 0.1) is 23.3 Å². The molecule has 0 saturated carbocycles. The van der Waals surface area contributed by atoms with Crippen LogP contribution in [0.15, 0.2) is 59.7 Å². The number of hydrogen-bond donors (Lipinski definition) is 0. The summed E-state index contributed by atoms with van der Waals surface area (Å²) in [7, 11) is 0. The van der Waals surface area contributed by atoms with Crippen LogP contribution in [0.25, 0.3) is 10.9 Å². The first-order valence-electron chi connectivity index (χ1n) is 9.94. The number of rotatable bonds is 5. The molecule has 5 heteroatoms. The van der Waals surface area contributed by atoms with Crippen LogP contribution >= 0.6 is 0 Å². The normalized spacial score (nSPS) is 16.6. The van der Waals surface area contributed by atoms with Crippen molar-refractivity contribution in [1.82, 2.24) is 14.5 Å². The van der Waals surface area contributed by atoms with E-state index in [4.69, 9.17) is 0 Å². The van der Waals surface area contributed by atoms with E-state index in [0.29, 0.717) is 30.3 Å². The molecule has 0 spiro atoms. The second-order valence-corrected chi connectivity index (χ2v) is 7.52. The van der Waals surface area contributed by atoms with Crippen LogP contribution in [-0.4, -0.2) is 26.9 Å². The summed E-state index contributed by atoms with van der Waals surface area (Å²) >= 11 is 0. The van der Waals surface area contributed by atoms with Gasteiger partial charge in [0, 0.05) is 19.5 Å². The first-order valence-corrected chi connectivity index (χ1v) is 9.94. The van der Waals surface area contributed by atoms with Gasteiger partial charge in [-0.25, -0.2) is 4.98 Å². The molecule has 2 aromatic carbocycles. The van der Waals surface area contributed by atoms with Gasteiger partial charge in [0.2, 0.25) is 5.91 Å². The Morgan fingerprint density at radius 1 is 1.14 bits per heavy atom. The topological polar surface area (TPSA) is 55.2 Å². The summed E-state index contributed by atoms with van der Waals surface area (Å²) in [5.74, 6) is 0.171. The first-order chi connectivity index (χ1) is 13.6. The molecule has 1 fully saturated rings. The predicted molar refractivity (Wildman–Crippen MR) is 110 cm³/mol. The number of amides is 1. The van der Waals surface area contributed by atoms with Gasteiger partial charge in [0.25, 0.3) is 5.56 Å². The van der Waals surface area contributed by atoms with Crippen LogP contribution in [0.5, 0.6) is 0 Å². The van der Waals surface area contributed by atoms with Crippen molar-refractivity contribution in [2.24, 2.45) is 0 Å². The first kappa shape index (κ1) is 18.4. The molecule has 2 heterocycles. The van der Waals surface area contributed by atoms with Crippen molar-refractivity contribution >= 4 is 16.8 Å². The van der Waals surface area contributed by atoms with Gasteiger partial charge in [-0.1, -0.05) is 42.0 Å². The molecule has 1 amide bonds. The van der Waals surface area contributed by atoms with Gasteiger partial charge in [-0.15, -0.1) is 0 Å². The smallest absolute Gasteiger partial charge is 0.261 e. The molecule has 1 unspecified atom stereocenters. The zero-order valence-corrected chi connectivity index (χ0v) is 16.2. The van der Waals surface area contributed by atoms with Gasteiger partial charge in [-0.2, -0.15) is 0 Å². The molecule has 5 nitrogen and oxygen atoms in total. The lowest BCUT2D eigenvalue weighted by Crippen LogP contribution is -2.31. The van der Waals surface area contributed by atoms with Gasteiger partial charge >= 0.3 is 0 Å². The Balaban J connectivity index is 1.40. The molecule has 144 valence electrons. The third-order valence-electron chi connectivity index (χ3n) is 5.56. The Bertz CT molecular complexity index is 1040. The van der Waals surface area contributed by atoms with Crippen molar-refractivity contribution in [3.63, 3.8) is 0 Å². The van der Waals surface area contributed by atoms with Gasteiger partial charge in [-0.3, -0.25) is 14.2 Å². The fourth-order valence-electron chi connectivity index (χ4n) is 4.01. The van der Waals surface area contributed by atoms with Gasteiger partial charge in [0.15, 0.2) is 0 Å². The number of hydrogen-bond acceptors (Lipinski definition) is 3. The van der Waals surface area contributed by atoms with E-state index < -0.39 is 0 Å². The number of aromatic nitrogens is 2. The summed E-state index contributed by atoms with van der Waals surface area (Å²) in [5, 5.41) is 0.621. The van der Waals surface area contributed by atoms with E-state index in [0.717, 1.165) is 19.4 Å². The standard InChI is InChI=1S/C23H25N3O2/c1-17-10-12-18(13-11-17)21-8-4-15-26(21)22(27)9-5-14-25-16-24-20-7-3-2-6-19(20)23(25)28/h2-3,6-7,10-13,16,21H,4-5,8-9,14-15H2,1H3. The van der Waals surface area contributed by atoms with Crippen molar-refractivity contribution in [3.8, 4) is 0 Å². The molecule has 0 aliphatic carbocycles. The highest BCUT2D eigenvalue weighted by Gasteiger charge is 2.29. The highest BCUT2D eigenvalue weighted by Crippen LogP contribution is 2.32. The minimum atomic E-state index is -0.0447. The summed E-state index contributed by atoms with van der Waals surface area (Å²) in [6, 6.07) is 16.0. The van der Waals surface area contributed by atoms with Crippen LogP contribution in [0, 0.1) is 6.92 Å². The largest absolute Gasteiger partial charge is 0.336 e. The average Bonchev–Trinajstić information content (AvgIpc) is 3.20. The van der Waals surface area contributed by atoms with Crippen LogP contribution in [0.2, 0.25) is 0 Å². The zero-order valence-electron chi connectivity index (χ0n) is 16.2. The minimum Gasteiger partial charge on any atom is -0.336 e. The monoisotopic (exact) mass is 375 g/mol. The van der Waals surface area contributed by atoms with Crippen LogP contribution < -0.4 is 5.56 Å². The Labute approximate surface area is 164 Å². The van der Waals surface area contributed by atoms with E-state index in [1.165, 1.54) is 11.1 Å². The van der Waals surface area contributed by atoms with Crippen LogP contribution in [0.1, 0.15) is 42.9 Å². The maximum Gasteiger partial charge on any atom is 0.261 e. The summed E-state index contributed by atoms with van der Waals surface area (Å²) < 4.78 is 1.61. The fourth-order valence-corrected chi connectivity index (χ4v) is 4.01. The molecule has 1 aromatic heterocycles. The molecule has 0 radical (unpaired) electrons. The molecule has 28 heavy (non-hydrogen) atoms. The number of fused-ring (bicyclic) bond motifs is 1. The highest BCUT2D eigenvalue weighted by molar-refractivity contribution is 5.77. The van der Waals surface area contributed by atoms with Crippen molar-refractivity contribution < 1.29 is 4.79 Å². The quantitative estimate of drug-likeness (QED) is 0.681. The number of benzene rings is 2.